The van der Waals surface area contributed by atoms with E-state index < -0.39 is 0 Å². The Morgan fingerprint density at radius 1 is 1.08 bits per heavy atom. The number of piperazine rings is 1. The maximum atomic E-state index is 13.9. The van der Waals surface area contributed by atoms with Crippen LogP contribution in [0.25, 0.3) is 0 Å². The van der Waals surface area contributed by atoms with Crippen LogP contribution in [-0.4, -0.2) is 43.3 Å². The Labute approximate surface area is 142 Å². The average Bonchev–Trinajstić information content (AvgIpc) is 2.61. The van der Waals surface area contributed by atoms with Gasteiger partial charge in [-0.1, -0.05) is 6.92 Å². The van der Waals surface area contributed by atoms with Crippen molar-refractivity contribution in [2.75, 3.05) is 43.1 Å². The molecule has 0 atom stereocenters. The van der Waals surface area contributed by atoms with Gasteiger partial charge < -0.3 is 14.5 Å². The molecule has 3 rings (SSSR count). The van der Waals surface area contributed by atoms with Gasteiger partial charge >= 0.3 is 0 Å². The third-order valence-corrected chi connectivity index (χ3v) is 4.34. The molecule has 1 saturated heterocycles. The average molecular weight is 330 g/mol. The van der Waals surface area contributed by atoms with Crippen LogP contribution >= 0.6 is 0 Å². The van der Waals surface area contributed by atoms with E-state index in [2.05, 4.69) is 32.8 Å². The second-order valence-electron chi connectivity index (χ2n) is 5.91. The first-order chi connectivity index (χ1) is 11.6. The first-order valence-electron chi connectivity index (χ1n) is 8.28. The van der Waals surface area contributed by atoms with Gasteiger partial charge in [-0.3, -0.25) is 0 Å². The summed E-state index contributed by atoms with van der Waals surface area (Å²) in [4.78, 5) is 13.5. The van der Waals surface area contributed by atoms with E-state index >= 15 is 0 Å². The number of halogens is 1. The maximum Gasteiger partial charge on any atom is 0.167 e. The summed E-state index contributed by atoms with van der Waals surface area (Å²) in [6, 6.07) is 7.19. The minimum Gasteiger partial charge on any atom is -0.494 e. The molecule has 0 N–H and O–H groups in total. The van der Waals surface area contributed by atoms with E-state index in [4.69, 9.17) is 4.74 Å². The molecule has 1 fully saturated rings. The number of hydrogen-bond acceptors (Lipinski definition) is 5. The first-order valence-corrected chi connectivity index (χ1v) is 8.28. The third kappa shape index (κ3) is 3.42. The van der Waals surface area contributed by atoms with Crippen molar-refractivity contribution in [1.29, 1.82) is 0 Å². The third-order valence-electron chi connectivity index (χ3n) is 4.34. The van der Waals surface area contributed by atoms with Gasteiger partial charge in [0, 0.05) is 49.7 Å². The standard InChI is InChI=1S/C18H23FN4O/c1-4-14-11-18(21-13(2)20-14)23-9-7-22(8-10-23)15-5-6-17(24-3)16(19)12-15/h5-6,11-12H,4,7-10H2,1-3H3. The molecule has 0 amide bonds. The van der Waals surface area contributed by atoms with Gasteiger partial charge in [-0.15, -0.1) is 0 Å². The Kier molecular flexibility index (Phi) is 4.83. The van der Waals surface area contributed by atoms with Crippen molar-refractivity contribution < 1.29 is 9.13 Å². The summed E-state index contributed by atoms with van der Waals surface area (Å²) in [5, 5.41) is 0. The van der Waals surface area contributed by atoms with Crippen LogP contribution in [0.4, 0.5) is 15.9 Å². The van der Waals surface area contributed by atoms with Crippen LogP contribution in [-0.2, 0) is 6.42 Å². The number of benzene rings is 1. The van der Waals surface area contributed by atoms with Crippen LogP contribution in [0.3, 0.4) is 0 Å². The van der Waals surface area contributed by atoms with Gasteiger partial charge in [0.1, 0.15) is 11.6 Å². The molecule has 1 aromatic heterocycles. The van der Waals surface area contributed by atoms with Crippen molar-refractivity contribution in [3.63, 3.8) is 0 Å². The van der Waals surface area contributed by atoms with Gasteiger partial charge in [-0.25, -0.2) is 14.4 Å². The number of aromatic nitrogens is 2. The molecule has 0 radical (unpaired) electrons. The summed E-state index contributed by atoms with van der Waals surface area (Å²) in [5.74, 6) is 1.75. The molecule has 0 aliphatic carbocycles. The fourth-order valence-electron chi connectivity index (χ4n) is 3.00. The van der Waals surface area contributed by atoms with Crippen LogP contribution in [0.2, 0.25) is 0 Å². The zero-order valence-electron chi connectivity index (χ0n) is 14.4. The smallest absolute Gasteiger partial charge is 0.167 e. The van der Waals surface area contributed by atoms with Crippen LogP contribution < -0.4 is 14.5 Å². The fourth-order valence-corrected chi connectivity index (χ4v) is 3.00. The molecular weight excluding hydrogens is 307 g/mol. The van der Waals surface area contributed by atoms with E-state index in [1.165, 1.54) is 7.11 Å². The zero-order chi connectivity index (χ0) is 17.1. The van der Waals surface area contributed by atoms with E-state index in [-0.39, 0.29) is 11.6 Å². The monoisotopic (exact) mass is 330 g/mol. The number of hydrogen-bond donors (Lipinski definition) is 0. The summed E-state index contributed by atoms with van der Waals surface area (Å²) < 4.78 is 18.9. The van der Waals surface area contributed by atoms with E-state index in [1.807, 2.05) is 13.0 Å². The summed E-state index contributed by atoms with van der Waals surface area (Å²) in [5.41, 5.74) is 1.96. The topological polar surface area (TPSA) is 41.5 Å². The minimum atomic E-state index is -0.323. The molecule has 128 valence electrons. The maximum absolute atomic E-state index is 13.9. The van der Waals surface area contributed by atoms with Crippen LogP contribution in [0.1, 0.15) is 18.4 Å². The van der Waals surface area contributed by atoms with Crippen molar-refractivity contribution in [3.8, 4) is 5.75 Å². The highest BCUT2D eigenvalue weighted by Gasteiger charge is 2.20. The lowest BCUT2D eigenvalue weighted by atomic mass is 10.2. The predicted molar refractivity (Wildman–Crippen MR) is 93.5 cm³/mol. The summed E-state index contributed by atoms with van der Waals surface area (Å²) in [6.07, 6.45) is 0.904. The quantitative estimate of drug-likeness (QED) is 0.862. The van der Waals surface area contributed by atoms with Crippen molar-refractivity contribution in [1.82, 2.24) is 9.97 Å². The number of methoxy groups -OCH3 is 1. The fraction of sp³-hybridized carbons (Fsp3) is 0.444. The molecule has 1 aromatic carbocycles. The Hall–Kier alpha value is -2.37. The second kappa shape index (κ2) is 7.03. The molecule has 2 heterocycles. The SMILES string of the molecule is CCc1cc(N2CCN(c3ccc(OC)c(F)c3)CC2)nc(C)n1. The lowest BCUT2D eigenvalue weighted by Gasteiger charge is -2.37. The first kappa shape index (κ1) is 16.5. The van der Waals surface area contributed by atoms with Crippen molar-refractivity contribution >= 4 is 11.5 Å². The Balaban J connectivity index is 1.69. The molecule has 24 heavy (non-hydrogen) atoms. The van der Waals surface area contributed by atoms with E-state index in [1.54, 1.807) is 12.1 Å². The van der Waals surface area contributed by atoms with Crippen molar-refractivity contribution in [2.24, 2.45) is 0 Å². The lowest BCUT2D eigenvalue weighted by Crippen LogP contribution is -2.47. The highest BCUT2D eigenvalue weighted by Crippen LogP contribution is 2.25. The molecule has 1 aliphatic rings. The van der Waals surface area contributed by atoms with Crippen LogP contribution in [0.5, 0.6) is 5.75 Å². The summed E-state index contributed by atoms with van der Waals surface area (Å²) in [7, 11) is 1.48. The molecule has 0 spiro atoms. The molecule has 0 bridgehead atoms. The largest absolute Gasteiger partial charge is 0.494 e. The van der Waals surface area contributed by atoms with Gasteiger partial charge in [-0.2, -0.15) is 0 Å². The molecule has 0 saturated carbocycles. The number of rotatable bonds is 4. The second-order valence-corrected chi connectivity index (χ2v) is 5.91. The number of ether oxygens (including phenoxy) is 1. The molecule has 5 nitrogen and oxygen atoms in total. The molecule has 2 aromatic rings. The number of aryl methyl sites for hydroxylation is 2. The summed E-state index contributed by atoms with van der Waals surface area (Å²) in [6.45, 7) is 7.40. The minimum absolute atomic E-state index is 0.279. The van der Waals surface area contributed by atoms with Gasteiger partial charge in [0.2, 0.25) is 0 Å². The lowest BCUT2D eigenvalue weighted by molar-refractivity contribution is 0.386. The van der Waals surface area contributed by atoms with Gasteiger partial charge in [0.15, 0.2) is 11.6 Å². The Bertz CT molecular complexity index is 714. The molecule has 0 unspecified atom stereocenters. The van der Waals surface area contributed by atoms with E-state index in [9.17, 15) is 4.39 Å². The van der Waals surface area contributed by atoms with Gasteiger partial charge in [0.25, 0.3) is 0 Å². The highest BCUT2D eigenvalue weighted by atomic mass is 19.1. The number of nitrogens with zero attached hydrogens (tertiary/aromatic N) is 4. The highest BCUT2D eigenvalue weighted by molar-refractivity contribution is 5.52. The van der Waals surface area contributed by atoms with Crippen molar-refractivity contribution in [3.05, 3.63) is 41.6 Å². The molecule has 1 aliphatic heterocycles. The van der Waals surface area contributed by atoms with Crippen LogP contribution in [0.15, 0.2) is 24.3 Å². The normalized spacial score (nSPS) is 14.8. The van der Waals surface area contributed by atoms with E-state index in [0.29, 0.717) is 0 Å². The zero-order valence-corrected chi connectivity index (χ0v) is 14.4. The Morgan fingerprint density at radius 3 is 2.42 bits per heavy atom. The predicted octanol–water partition coefficient (Wildman–Crippen LogP) is 2.82. The Morgan fingerprint density at radius 2 is 1.79 bits per heavy atom. The summed E-state index contributed by atoms with van der Waals surface area (Å²) >= 11 is 0. The number of anilines is 2. The van der Waals surface area contributed by atoms with Gasteiger partial charge in [0.05, 0.1) is 7.11 Å². The van der Waals surface area contributed by atoms with Gasteiger partial charge in [-0.05, 0) is 25.5 Å². The molecular formula is C18H23FN4O. The molecule has 6 heteroatoms. The van der Waals surface area contributed by atoms with Crippen molar-refractivity contribution in [2.45, 2.75) is 20.3 Å². The van der Waals surface area contributed by atoms with Crippen LogP contribution in [0, 0.1) is 12.7 Å². The van der Waals surface area contributed by atoms with E-state index in [0.717, 1.165) is 55.6 Å².